The number of amides is 2. The van der Waals surface area contributed by atoms with E-state index in [-0.39, 0.29) is 36.5 Å². The van der Waals surface area contributed by atoms with Crippen LogP contribution in [0.3, 0.4) is 0 Å². The van der Waals surface area contributed by atoms with E-state index in [1.165, 1.54) is 0 Å². The number of carbonyl (C=O) groups is 2. The lowest BCUT2D eigenvalue weighted by Crippen LogP contribution is -2.44. The van der Waals surface area contributed by atoms with E-state index >= 15 is 0 Å². The second-order valence-electron chi connectivity index (χ2n) is 8.09. The van der Waals surface area contributed by atoms with Crippen molar-refractivity contribution in [3.8, 4) is 11.5 Å². The van der Waals surface area contributed by atoms with Gasteiger partial charge in [0.25, 0.3) is 11.1 Å². The molecule has 0 unspecified atom stereocenters. The molecule has 2 aliphatic heterocycles. The quantitative estimate of drug-likeness (QED) is 0.618. The van der Waals surface area contributed by atoms with Crippen LogP contribution in [-0.2, 0) is 16.1 Å². The Morgan fingerprint density at radius 3 is 2.52 bits per heavy atom. The SMILES string of the molecule is O=C(Nc1ccc2c(c1)OCO2)C1CCN(C(=O)Cn2[nH]c(=O)c3ccccc3c2=O)CC1. The van der Waals surface area contributed by atoms with Crippen LogP contribution in [0.15, 0.2) is 52.1 Å². The number of ether oxygens (including phenoxy) is 2. The number of carbonyl (C=O) groups excluding carboxylic acids is 2. The normalized spacial score (nSPS) is 15.6. The van der Waals surface area contributed by atoms with Crippen LogP contribution in [0.1, 0.15) is 12.8 Å². The van der Waals surface area contributed by atoms with E-state index in [4.69, 9.17) is 9.47 Å². The molecule has 1 saturated heterocycles. The molecule has 33 heavy (non-hydrogen) atoms. The molecule has 170 valence electrons. The van der Waals surface area contributed by atoms with Gasteiger partial charge in [0.2, 0.25) is 18.6 Å². The molecule has 0 atom stereocenters. The number of fused-ring (bicyclic) bond motifs is 2. The maximum atomic E-state index is 12.8. The zero-order valence-corrected chi connectivity index (χ0v) is 17.7. The number of hydrogen-bond donors (Lipinski definition) is 2. The highest BCUT2D eigenvalue weighted by Gasteiger charge is 2.28. The zero-order chi connectivity index (χ0) is 22.9. The van der Waals surface area contributed by atoms with Crippen LogP contribution in [0, 0.1) is 5.92 Å². The fourth-order valence-electron chi connectivity index (χ4n) is 4.20. The second-order valence-corrected chi connectivity index (χ2v) is 8.09. The summed E-state index contributed by atoms with van der Waals surface area (Å²) in [5.41, 5.74) is -0.212. The average Bonchev–Trinajstić information content (AvgIpc) is 3.30. The molecular weight excluding hydrogens is 428 g/mol. The number of piperidine rings is 1. The molecule has 3 heterocycles. The van der Waals surface area contributed by atoms with Crippen LogP contribution in [0.5, 0.6) is 11.5 Å². The van der Waals surface area contributed by atoms with Gasteiger partial charge in [-0.15, -0.1) is 0 Å². The Bertz CT molecular complexity index is 1350. The molecule has 2 amide bonds. The third-order valence-electron chi connectivity index (χ3n) is 6.04. The van der Waals surface area contributed by atoms with Crippen molar-refractivity contribution in [1.82, 2.24) is 14.7 Å². The number of nitrogens with zero attached hydrogens (tertiary/aromatic N) is 2. The molecule has 10 heteroatoms. The second kappa shape index (κ2) is 8.45. The van der Waals surface area contributed by atoms with Crippen LogP contribution in [0.25, 0.3) is 10.8 Å². The molecule has 0 radical (unpaired) electrons. The van der Waals surface area contributed by atoms with Crippen LogP contribution in [-0.4, -0.2) is 46.4 Å². The molecule has 2 aliphatic rings. The van der Waals surface area contributed by atoms with Crippen LogP contribution in [0.2, 0.25) is 0 Å². The number of likely N-dealkylation sites (tertiary alicyclic amines) is 1. The molecule has 10 nitrogen and oxygen atoms in total. The molecule has 3 aromatic rings. The third kappa shape index (κ3) is 4.07. The van der Waals surface area contributed by atoms with Gasteiger partial charge in [0.05, 0.1) is 10.8 Å². The Kier molecular flexibility index (Phi) is 5.33. The first kappa shape index (κ1) is 20.8. The summed E-state index contributed by atoms with van der Waals surface area (Å²) in [5.74, 6) is 0.609. The Morgan fingerprint density at radius 2 is 1.73 bits per heavy atom. The molecule has 2 N–H and O–H groups in total. The van der Waals surface area contributed by atoms with E-state index in [0.717, 1.165) is 4.68 Å². The van der Waals surface area contributed by atoms with Gasteiger partial charge in [0.1, 0.15) is 6.54 Å². The van der Waals surface area contributed by atoms with Gasteiger partial charge in [0, 0.05) is 30.8 Å². The van der Waals surface area contributed by atoms with E-state index in [0.29, 0.717) is 48.5 Å². The Balaban J connectivity index is 1.20. The number of hydrogen-bond acceptors (Lipinski definition) is 6. The number of nitrogens with one attached hydrogen (secondary N) is 2. The fourth-order valence-corrected chi connectivity index (χ4v) is 4.20. The minimum atomic E-state index is -0.420. The van der Waals surface area contributed by atoms with Gasteiger partial charge in [-0.2, -0.15) is 0 Å². The van der Waals surface area contributed by atoms with Crippen LogP contribution in [0.4, 0.5) is 5.69 Å². The molecule has 5 rings (SSSR count). The van der Waals surface area contributed by atoms with Crippen molar-refractivity contribution in [1.29, 1.82) is 0 Å². The summed E-state index contributed by atoms with van der Waals surface area (Å²) in [6, 6.07) is 11.7. The summed E-state index contributed by atoms with van der Waals surface area (Å²) < 4.78 is 11.7. The summed E-state index contributed by atoms with van der Waals surface area (Å²) in [4.78, 5) is 51.9. The summed E-state index contributed by atoms with van der Waals surface area (Å²) >= 11 is 0. The van der Waals surface area contributed by atoms with Gasteiger partial charge < -0.3 is 19.7 Å². The number of aromatic amines is 1. The summed E-state index contributed by atoms with van der Waals surface area (Å²) in [6.45, 7) is 0.695. The fraction of sp³-hybridized carbons (Fsp3) is 0.304. The maximum Gasteiger partial charge on any atom is 0.273 e. The standard InChI is InChI=1S/C23H22N4O6/c28-20(12-27-23(31)17-4-2-1-3-16(17)22(30)25-27)26-9-7-14(8-10-26)21(29)24-15-5-6-18-19(11-15)33-13-32-18/h1-6,11,14H,7-10,12-13H2,(H,24,29)(H,25,30). The van der Waals surface area contributed by atoms with Gasteiger partial charge in [0.15, 0.2) is 11.5 Å². The first-order valence-electron chi connectivity index (χ1n) is 10.7. The van der Waals surface area contributed by atoms with E-state index in [2.05, 4.69) is 10.4 Å². The molecule has 0 saturated carbocycles. The van der Waals surface area contributed by atoms with E-state index in [1.807, 2.05) is 0 Å². The molecule has 1 fully saturated rings. The van der Waals surface area contributed by atoms with Gasteiger partial charge in [-0.05, 0) is 37.1 Å². The molecular formula is C23H22N4O6. The monoisotopic (exact) mass is 450 g/mol. The highest BCUT2D eigenvalue weighted by atomic mass is 16.7. The van der Waals surface area contributed by atoms with Gasteiger partial charge >= 0.3 is 0 Å². The van der Waals surface area contributed by atoms with Crippen molar-refractivity contribution >= 4 is 28.3 Å². The number of anilines is 1. The third-order valence-corrected chi connectivity index (χ3v) is 6.04. The van der Waals surface area contributed by atoms with Gasteiger partial charge in [-0.25, -0.2) is 4.68 Å². The highest BCUT2D eigenvalue weighted by Crippen LogP contribution is 2.34. The minimum Gasteiger partial charge on any atom is -0.454 e. The van der Waals surface area contributed by atoms with Crippen molar-refractivity contribution < 1.29 is 19.1 Å². The van der Waals surface area contributed by atoms with Crippen molar-refractivity contribution in [2.24, 2.45) is 5.92 Å². The van der Waals surface area contributed by atoms with E-state index in [9.17, 15) is 19.2 Å². The van der Waals surface area contributed by atoms with Crippen molar-refractivity contribution in [2.45, 2.75) is 19.4 Å². The molecule has 2 aromatic carbocycles. The number of benzene rings is 2. The first-order chi connectivity index (χ1) is 16.0. The Labute approximate surface area is 187 Å². The Morgan fingerprint density at radius 1 is 1.00 bits per heavy atom. The van der Waals surface area contributed by atoms with Gasteiger partial charge in [-0.1, -0.05) is 12.1 Å². The van der Waals surface area contributed by atoms with Crippen molar-refractivity contribution in [2.75, 3.05) is 25.2 Å². The molecule has 1 aromatic heterocycles. The number of rotatable bonds is 4. The highest BCUT2D eigenvalue weighted by molar-refractivity contribution is 5.93. The number of H-pyrrole nitrogens is 1. The lowest BCUT2D eigenvalue weighted by atomic mass is 9.95. The number of aromatic nitrogens is 2. The Hall–Kier alpha value is -4.08. The van der Waals surface area contributed by atoms with Crippen LogP contribution >= 0.6 is 0 Å². The summed E-state index contributed by atoms with van der Waals surface area (Å²) in [7, 11) is 0. The van der Waals surface area contributed by atoms with E-state index < -0.39 is 11.1 Å². The zero-order valence-electron chi connectivity index (χ0n) is 17.7. The van der Waals surface area contributed by atoms with Crippen molar-refractivity contribution in [3.63, 3.8) is 0 Å². The largest absolute Gasteiger partial charge is 0.454 e. The summed E-state index contributed by atoms with van der Waals surface area (Å²) in [6.07, 6.45) is 1.01. The maximum absolute atomic E-state index is 12.8. The lowest BCUT2D eigenvalue weighted by Gasteiger charge is -2.31. The molecule has 0 bridgehead atoms. The molecule has 0 spiro atoms. The minimum absolute atomic E-state index is 0.115. The summed E-state index contributed by atoms with van der Waals surface area (Å²) in [5, 5.41) is 5.93. The topological polar surface area (TPSA) is 123 Å². The predicted molar refractivity (Wildman–Crippen MR) is 119 cm³/mol. The first-order valence-corrected chi connectivity index (χ1v) is 10.7. The lowest BCUT2D eigenvalue weighted by molar-refractivity contribution is -0.135. The average molecular weight is 450 g/mol. The predicted octanol–water partition coefficient (Wildman–Crippen LogP) is 1.30. The van der Waals surface area contributed by atoms with Crippen LogP contribution < -0.4 is 25.9 Å². The van der Waals surface area contributed by atoms with Gasteiger partial charge in [-0.3, -0.25) is 24.3 Å². The molecule has 0 aliphatic carbocycles. The smallest absolute Gasteiger partial charge is 0.273 e. The van der Waals surface area contributed by atoms with E-state index in [1.54, 1.807) is 47.4 Å². The van der Waals surface area contributed by atoms with Crippen molar-refractivity contribution in [3.05, 3.63) is 63.2 Å².